The van der Waals surface area contributed by atoms with Gasteiger partial charge in [-0.15, -0.1) is 11.8 Å². The van der Waals surface area contributed by atoms with Gasteiger partial charge >= 0.3 is 6.18 Å². The highest BCUT2D eigenvalue weighted by atomic mass is 32.2. The van der Waals surface area contributed by atoms with Crippen LogP contribution in [-0.4, -0.2) is 39.4 Å². The number of rotatable bonds is 6. The van der Waals surface area contributed by atoms with Gasteiger partial charge in [0.25, 0.3) is 11.6 Å². The molecule has 132 valence electrons. The van der Waals surface area contributed by atoms with E-state index in [0.29, 0.717) is 18.6 Å². The maximum atomic E-state index is 13.2. The number of nitrogens with zero attached hydrogens (tertiary/aromatic N) is 2. The lowest BCUT2D eigenvalue weighted by Gasteiger charge is -2.32. The average Bonchev–Trinajstić information content (AvgIpc) is 2.86. The minimum absolute atomic E-state index is 0.184. The van der Waals surface area contributed by atoms with E-state index in [4.69, 9.17) is 0 Å². The molecular weight excluding hydrogens is 341 g/mol. The van der Waals surface area contributed by atoms with E-state index in [1.165, 1.54) is 11.8 Å². The SMILES string of the molecule is CCCC1=NN(C(=O)CSCc2ccccc2)[C@@](O)(C(F)(F)F)C1. The van der Waals surface area contributed by atoms with Crippen molar-refractivity contribution in [3.63, 3.8) is 0 Å². The number of halogens is 3. The second-order valence-corrected chi connectivity index (χ2v) is 6.58. The molecule has 0 unspecified atom stereocenters. The summed E-state index contributed by atoms with van der Waals surface area (Å²) in [5, 5.41) is 14.0. The van der Waals surface area contributed by atoms with Gasteiger partial charge in [-0.2, -0.15) is 23.3 Å². The second kappa shape index (κ2) is 7.57. The number of alkyl halides is 3. The Morgan fingerprint density at radius 2 is 2.04 bits per heavy atom. The highest BCUT2D eigenvalue weighted by molar-refractivity contribution is 7.99. The maximum absolute atomic E-state index is 13.2. The molecule has 0 radical (unpaired) electrons. The molecule has 1 amide bonds. The Bertz CT molecular complexity index is 607. The number of thioether (sulfide) groups is 1. The Hall–Kier alpha value is -1.54. The fourth-order valence-electron chi connectivity index (χ4n) is 2.42. The molecule has 1 heterocycles. The zero-order valence-electron chi connectivity index (χ0n) is 13.2. The van der Waals surface area contributed by atoms with Crippen LogP contribution in [0.2, 0.25) is 0 Å². The van der Waals surface area contributed by atoms with E-state index in [0.717, 1.165) is 5.56 Å². The minimum atomic E-state index is -4.95. The Labute approximate surface area is 142 Å². The lowest BCUT2D eigenvalue weighted by atomic mass is 10.0. The molecule has 0 spiro atoms. The smallest absolute Gasteiger partial charge is 0.362 e. The van der Waals surface area contributed by atoms with Crippen LogP contribution in [0.5, 0.6) is 0 Å². The summed E-state index contributed by atoms with van der Waals surface area (Å²) in [5.74, 6) is -0.533. The van der Waals surface area contributed by atoms with Crippen LogP contribution in [0, 0.1) is 0 Å². The summed E-state index contributed by atoms with van der Waals surface area (Å²) < 4.78 is 39.7. The molecular formula is C16H19F3N2O2S. The van der Waals surface area contributed by atoms with Gasteiger partial charge in [-0.05, 0) is 12.0 Å². The van der Waals surface area contributed by atoms with Crippen LogP contribution >= 0.6 is 11.8 Å². The zero-order chi connectivity index (χ0) is 17.8. The molecule has 1 aliphatic rings. The van der Waals surface area contributed by atoms with Crippen molar-refractivity contribution >= 4 is 23.4 Å². The normalized spacial score (nSPS) is 21.0. The first-order valence-corrected chi connectivity index (χ1v) is 8.73. The summed E-state index contributed by atoms with van der Waals surface area (Å²) in [6.45, 7) is 1.80. The highest BCUT2D eigenvalue weighted by Crippen LogP contribution is 2.41. The van der Waals surface area contributed by atoms with Crippen LogP contribution in [-0.2, 0) is 10.5 Å². The van der Waals surface area contributed by atoms with Crippen molar-refractivity contribution in [2.75, 3.05) is 5.75 Å². The van der Waals surface area contributed by atoms with Gasteiger partial charge in [0, 0.05) is 17.9 Å². The molecule has 1 N–H and O–H groups in total. The van der Waals surface area contributed by atoms with Gasteiger partial charge in [-0.25, -0.2) is 0 Å². The molecule has 0 bridgehead atoms. The van der Waals surface area contributed by atoms with Crippen LogP contribution in [0.4, 0.5) is 13.2 Å². The summed E-state index contributed by atoms with van der Waals surface area (Å²) in [7, 11) is 0. The van der Waals surface area contributed by atoms with Crippen LogP contribution in [0.25, 0.3) is 0 Å². The Morgan fingerprint density at radius 3 is 2.62 bits per heavy atom. The van der Waals surface area contributed by atoms with Gasteiger partial charge in [0.2, 0.25) is 0 Å². The van der Waals surface area contributed by atoms with Gasteiger partial charge in [0.15, 0.2) is 0 Å². The van der Waals surface area contributed by atoms with Crippen LogP contribution in [0.1, 0.15) is 31.7 Å². The molecule has 0 aromatic heterocycles. The molecule has 0 saturated heterocycles. The van der Waals surface area contributed by atoms with Crippen LogP contribution in [0.3, 0.4) is 0 Å². The number of hydrazone groups is 1. The molecule has 24 heavy (non-hydrogen) atoms. The van der Waals surface area contributed by atoms with Crippen molar-refractivity contribution in [3.8, 4) is 0 Å². The Morgan fingerprint density at radius 1 is 1.38 bits per heavy atom. The van der Waals surface area contributed by atoms with E-state index in [-0.39, 0.29) is 16.5 Å². The fourth-order valence-corrected chi connectivity index (χ4v) is 3.25. The molecule has 0 fully saturated rings. The molecule has 1 aliphatic heterocycles. The number of carbonyl (C=O) groups excluding carboxylic acids is 1. The van der Waals surface area contributed by atoms with Gasteiger partial charge in [0.1, 0.15) is 0 Å². The van der Waals surface area contributed by atoms with Gasteiger partial charge in [-0.1, -0.05) is 43.7 Å². The number of hydrogen-bond acceptors (Lipinski definition) is 4. The monoisotopic (exact) mass is 360 g/mol. The van der Waals surface area contributed by atoms with Crippen molar-refractivity contribution in [3.05, 3.63) is 35.9 Å². The van der Waals surface area contributed by atoms with Crippen molar-refractivity contribution < 1.29 is 23.1 Å². The van der Waals surface area contributed by atoms with Crippen LogP contribution < -0.4 is 0 Å². The van der Waals surface area contributed by atoms with Crippen molar-refractivity contribution in [1.82, 2.24) is 5.01 Å². The number of benzene rings is 1. The summed E-state index contributed by atoms with van der Waals surface area (Å²) in [6.07, 6.45) is -4.72. The molecule has 1 atom stereocenters. The predicted molar refractivity (Wildman–Crippen MR) is 87.4 cm³/mol. The van der Waals surface area contributed by atoms with E-state index < -0.39 is 24.2 Å². The molecule has 1 aromatic carbocycles. The average molecular weight is 360 g/mol. The number of hydrogen-bond donors (Lipinski definition) is 1. The first-order valence-electron chi connectivity index (χ1n) is 7.58. The van der Waals surface area contributed by atoms with E-state index in [1.807, 2.05) is 30.3 Å². The van der Waals surface area contributed by atoms with Crippen molar-refractivity contribution in [1.29, 1.82) is 0 Å². The van der Waals surface area contributed by atoms with E-state index in [2.05, 4.69) is 5.10 Å². The largest absolute Gasteiger partial charge is 0.438 e. The summed E-state index contributed by atoms with van der Waals surface area (Å²) in [6, 6.07) is 9.30. The minimum Gasteiger partial charge on any atom is -0.362 e. The third kappa shape index (κ3) is 4.10. The van der Waals surface area contributed by atoms with E-state index in [9.17, 15) is 23.1 Å². The third-order valence-corrected chi connectivity index (χ3v) is 4.60. The number of amides is 1. The van der Waals surface area contributed by atoms with Gasteiger partial charge < -0.3 is 5.11 Å². The topological polar surface area (TPSA) is 52.9 Å². The molecule has 2 rings (SSSR count). The Balaban J connectivity index is 2.04. The summed E-state index contributed by atoms with van der Waals surface area (Å²) >= 11 is 1.19. The van der Waals surface area contributed by atoms with Crippen molar-refractivity contribution in [2.45, 2.75) is 43.8 Å². The highest BCUT2D eigenvalue weighted by Gasteiger charge is 2.62. The lowest BCUT2D eigenvalue weighted by Crippen LogP contribution is -2.57. The predicted octanol–water partition coefficient (Wildman–Crippen LogP) is 3.56. The molecule has 8 heteroatoms. The summed E-state index contributed by atoms with van der Waals surface area (Å²) in [4.78, 5) is 12.2. The van der Waals surface area contributed by atoms with E-state index in [1.54, 1.807) is 6.92 Å². The first kappa shape index (κ1) is 18.8. The number of aliphatic hydroxyl groups is 1. The quantitative estimate of drug-likeness (QED) is 0.844. The zero-order valence-corrected chi connectivity index (χ0v) is 14.0. The fraction of sp³-hybridized carbons (Fsp3) is 0.500. The standard InChI is InChI=1S/C16H19F3N2O2S/c1-2-6-13-9-15(23,16(17,18)19)21(20-13)14(22)11-24-10-12-7-4-3-5-8-12/h3-5,7-8,23H,2,6,9-11H2,1H3/t15-/m0/s1. The number of carbonyl (C=O) groups is 1. The Kier molecular flexibility index (Phi) is 5.92. The van der Waals surface area contributed by atoms with E-state index >= 15 is 0 Å². The molecule has 4 nitrogen and oxygen atoms in total. The maximum Gasteiger partial charge on any atom is 0.438 e. The molecule has 0 aliphatic carbocycles. The third-order valence-electron chi connectivity index (χ3n) is 3.61. The summed E-state index contributed by atoms with van der Waals surface area (Å²) in [5.41, 5.74) is -2.07. The molecule has 0 saturated carbocycles. The first-order chi connectivity index (χ1) is 11.3. The second-order valence-electron chi connectivity index (χ2n) is 5.59. The molecule has 1 aromatic rings. The van der Waals surface area contributed by atoms with Gasteiger partial charge in [0.05, 0.1) is 5.75 Å². The lowest BCUT2D eigenvalue weighted by molar-refractivity contribution is -0.301. The van der Waals surface area contributed by atoms with Crippen LogP contribution in [0.15, 0.2) is 35.4 Å². The van der Waals surface area contributed by atoms with Crippen molar-refractivity contribution in [2.24, 2.45) is 5.10 Å². The van der Waals surface area contributed by atoms with Gasteiger partial charge in [-0.3, -0.25) is 4.79 Å².